The quantitative estimate of drug-likeness (QED) is 0.110. The van der Waals surface area contributed by atoms with Crippen LogP contribution in [0.15, 0.2) is 294 Å². The molecule has 30 rings (SSSR count). The van der Waals surface area contributed by atoms with Crippen LogP contribution in [-0.2, 0) is 0 Å². The molecule has 0 amide bonds. The molecule has 0 radical (unpaired) electrons. The van der Waals surface area contributed by atoms with Gasteiger partial charge in [-0.15, -0.1) is 0 Å². The third-order valence-corrected chi connectivity index (χ3v) is 26.7. The summed E-state index contributed by atoms with van der Waals surface area (Å²) < 4.78 is 3.81. The van der Waals surface area contributed by atoms with Crippen molar-refractivity contribution < 1.29 is 0 Å². The Balaban J connectivity index is 0.0000000942. The summed E-state index contributed by atoms with van der Waals surface area (Å²) in [6, 6.07) is 73.1. The predicted octanol–water partition coefficient (Wildman–Crippen LogP) is 17.0. The van der Waals surface area contributed by atoms with Crippen molar-refractivity contribution in [2.45, 2.75) is 0 Å². The molecule has 6 aromatic heterocycles. The number of aromatic nitrogens is 6. The zero-order valence-corrected chi connectivity index (χ0v) is 61.8. The first-order valence-electron chi connectivity index (χ1n) is 39.1. The van der Waals surface area contributed by atoms with Crippen molar-refractivity contribution in [2.75, 3.05) is 0 Å². The topological polar surface area (TPSA) is 267 Å². The van der Waals surface area contributed by atoms with Gasteiger partial charge in [0.1, 0.15) is 0 Å². The van der Waals surface area contributed by atoms with Crippen LogP contribution in [0.3, 0.4) is 0 Å². The Bertz CT molecular complexity index is 9840. The average molecular weight is 1540 g/mol. The predicted molar refractivity (Wildman–Crippen MR) is 484 cm³/mol. The molecule has 0 saturated carbocycles. The first-order chi connectivity index (χ1) is 58.5. The zero-order valence-electron chi connectivity index (χ0n) is 61.8. The van der Waals surface area contributed by atoms with Crippen LogP contribution in [0.5, 0.6) is 0 Å². The number of para-hydroxylation sites is 3. The number of aromatic amines is 3. The summed E-state index contributed by atoms with van der Waals surface area (Å²) in [5, 5.41) is 36.9. The van der Waals surface area contributed by atoms with Crippen LogP contribution < -0.4 is 66.7 Å². The molecule has 0 aliphatic heterocycles. The van der Waals surface area contributed by atoms with Gasteiger partial charge >= 0.3 is 0 Å². The van der Waals surface area contributed by atoms with Gasteiger partial charge < -0.3 is 0 Å². The highest BCUT2D eigenvalue weighted by Gasteiger charge is 2.33. The Labute approximate surface area is 661 Å². The Kier molecular flexibility index (Phi) is 11.1. The standard InChI is InChI=1S/C40H18N2O4.C34H14N2O4.C28H10N2O4/c43-37-25-15-19-11-13-21-17-27-34-28(40(46)42(39(27)45)24-9-5-2-6-10-24)18-22-14-12-20-16-26(38(44)41(37)23-7-3-1-4-8-23)33(25)35-29(19)31(21)36(34)32(22)30(20)35;37-31-19-10-14-6-8-16-12-21-28-22(34(40)36(33(21)39)18-4-2-1-3-5-18)13-17-9-7-15-11-20(32(38)35-31)27(19)29-23(14)25(16)30(28)26(17)24(15)29;31-25-13-5-9-1-2-10-6-14-22-16(28(34)30-26(14)32)8-12-4-3-11-7-15(27(33)29-25)21(13)23-17(9)18(10)24(22)20(12)19(11)23/h1-18H;1-13H,(H,35,37,38);1-8H,(H,29,31,33)(H,30,32,34). The highest BCUT2D eigenvalue weighted by atomic mass is 16.2. The van der Waals surface area contributed by atoms with Gasteiger partial charge in [-0.25, -0.2) is 13.7 Å². The van der Waals surface area contributed by atoms with E-state index in [0.717, 1.165) is 162 Å². The molecule has 0 unspecified atom stereocenters. The number of H-pyrrole nitrogens is 3. The molecule has 24 aromatic carbocycles. The number of pyridine rings is 6. The summed E-state index contributed by atoms with van der Waals surface area (Å²) in [6.07, 6.45) is 0. The van der Waals surface area contributed by atoms with Crippen molar-refractivity contribution in [3.05, 3.63) is 361 Å². The van der Waals surface area contributed by atoms with Crippen LogP contribution in [-0.4, -0.2) is 28.7 Å². The van der Waals surface area contributed by atoms with Crippen molar-refractivity contribution in [1.29, 1.82) is 0 Å². The molecule has 120 heavy (non-hydrogen) atoms. The number of benzene rings is 24. The lowest BCUT2D eigenvalue weighted by Crippen LogP contribution is -2.32. The summed E-state index contributed by atoms with van der Waals surface area (Å²) in [6.45, 7) is 0. The second kappa shape index (κ2) is 21.0. The van der Waals surface area contributed by atoms with Crippen molar-refractivity contribution in [2.24, 2.45) is 0 Å². The molecular weight excluding hydrogens is 1500 g/mol. The molecule has 552 valence electrons. The normalized spacial score (nSPS) is 12.9. The summed E-state index contributed by atoms with van der Waals surface area (Å²) in [5.41, 5.74) is -2.95. The Morgan fingerprint density at radius 1 is 0.142 bits per heavy atom. The van der Waals surface area contributed by atoms with E-state index in [4.69, 9.17) is 0 Å². The van der Waals surface area contributed by atoms with Gasteiger partial charge in [-0.3, -0.25) is 72.5 Å². The molecule has 30 aromatic rings. The van der Waals surface area contributed by atoms with Crippen LogP contribution in [0.1, 0.15) is 0 Å². The number of rotatable bonds is 3. The van der Waals surface area contributed by atoms with Gasteiger partial charge in [-0.2, -0.15) is 0 Å². The van der Waals surface area contributed by atoms with Crippen molar-refractivity contribution >= 4 is 259 Å². The minimum Gasteiger partial charge on any atom is -0.288 e. The smallest absolute Gasteiger partial charge is 0.266 e. The maximum atomic E-state index is 14.2. The van der Waals surface area contributed by atoms with E-state index in [-0.39, 0.29) is 33.4 Å². The third-order valence-electron chi connectivity index (χ3n) is 26.7. The summed E-state index contributed by atoms with van der Waals surface area (Å²) in [4.78, 5) is 170. The number of nitrogens with zero attached hydrogens (tertiary/aromatic N) is 3. The summed E-state index contributed by atoms with van der Waals surface area (Å²) in [5.74, 6) is 0. The second-order valence-electron chi connectivity index (χ2n) is 32.4. The van der Waals surface area contributed by atoms with Gasteiger partial charge in [0.2, 0.25) is 0 Å². The van der Waals surface area contributed by atoms with Crippen LogP contribution in [0.4, 0.5) is 0 Å². The average Bonchev–Trinajstić information content (AvgIpc) is 0.677. The fourth-order valence-electron chi connectivity index (χ4n) is 22.2. The first kappa shape index (κ1) is 63.5. The molecule has 0 aliphatic rings. The molecule has 0 atom stereocenters. The minimum atomic E-state index is -0.403. The molecule has 0 saturated heterocycles. The van der Waals surface area contributed by atoms with Crippen molar-refractivity contribution in [1.82, 2.24) is 28.7 Å². The van der Waals surface area contributed by atoms with Crippen LogP contribution in [0.25, 0.3) is 276 Å². The van der Waals surface area contributed by atoms with Crippen LogP contribution in [0.2, 0.25) is 0 Å². The molecule has 0 aliphatic carbocycles. The molecule has 3 N–H and O–H groups in total. The van der Waals surface area contributed by atoms with E-state index < -0.39 is 33.4 Å². The third kappa shape index (κ3) is 7.28. The Morgan fingerprint density at radius 3 is 0.425 bits per heavy atom. The Morgan fingerprint density at radius 2 is 0.275 bits per heavy atom. The molecule has 0 fully saturated rings. The fraction of sp³-hybridized carbons (Fsp3) is 0. The van der Waals surface area contributed by atoms with E-state index in [9.17, 15) is 57.5 Å². The Hall–Kier alpha value is -16.9. The molecule has 6 heterocycles. The van der Waals surface area contributed by atoms with E-state index in [2.05, 4.69) is 15.0 Å². The SMILES string of the molecule is O=c1[nH]c(=O)c2cc3ccc4cc5c(=O)[nH]c(=O)c6cc7ccc8cc1c2c1c8c7c(c65)c4c31.O=c1[nH]c(=O)c2cc3ccc4cc5c(=O)n(-c6ccccc6)c(=O)c6cc7ccc8cc1c2c1c8c7c(c65)c4c31.O=c1c2cc3ccc4cc5c(=O)n(-c6ccccc6)c(=O)c6cc7ccc8cc(c(=O)n1-c1ccccc1)c2c1c3c4c(c56)c7c81. The molecule has 0 spiro atoms. The highest BCUT2D eigenvalue weighted by molar-refractivity contribution is 6.53. The number of hydrogen-bond donors (Lipinski definition) is 3. The minimum absolute atomic E-state index is 0.351. The lowest BCUT2D eigenvalue weighted by Gasteiger charge is -2.23. The molecular formula is C102H42N6O12. The maximum Gasteiger partial charge on any atom is 0.266 e. The van der Waals surface area contributed by atoms with Crippen molar-refractivity contribution in [3.63, 3.8) is 0 Å². The highest BCUT2D eigenvalue weighted by Crippen LogP contribution is 2.56. The van der Waals surface area contributed by atoms with E-state index in [1.165, 1.54) is 13.7 Å². The molecule has 18 nitrogen and oxygen atoms in total. The molecule has 18 heteroatoms. The van der Waals surface area contributed by atoms with Gasteiger partial charge in [-0.05, 0) is 238 Å². The lowest BCUT2D eigenvalue weighted by molar-refractivity contribution is 0.970. The zero-order chi connectivity index (χ0) is 79.8. The summed E-state index contributed by atoms with van der Waals surface area (Å²) >= 11 is 0. The number of nitrogens with one attached hydrogen (secondary N) is 3. The largest absolute Gasteiger partial charge is 0.288 e. The van der Waals surface area contributed by atoms with Crippen LogP contribution >= 0.6 is 0 Å². The number of hydrogen-bond acceptors (Lipinski definition) is 12. The van der Waals surface area contributed by atoms with Crippen molar-refractivity contribution in [3.8, 4) is 17.1 Å². The van der Waals surface area contributed by atoms with Gasteiger partial charge in [0.25, 0.3) is 66.7 Å². The fourth-order valence-corrected chi connectivity index (χ4v) is 22.2. The van der Waals surface area contributed by atoms with E-state index >= 15 is 0 Å². The maximum absolute atomic E-state index is 14.2. The van der Waals surface area contributed by atoms with E-state index in [0.29, 0.717) is 114 Å². The summed E-state index contributed by atoms with van der Waals surface area (Å²) in [7, 11) is 0. The van der Waals surface area contributed by atoms with E-state index in [1.54, 1.807) is 36.4 Å². The van der Waals surface area contributed by atoms with Gasteiger partial charge in [-0.1, -0.05) is 127 Å². The van der Waals surface area contributed by atoms with Gasteiger partial charge in [0, 0.05) is 129 Å². The monoisotopic (exact) mass is 1540 g/mol. The second-order valence-corrected chi connectivity index (χ2v) is 32.4. The van der Waals surface area contributed by atoms with E-state index in [1.807, 2.05) is 200 Å². The van der Waals surface area contributed by atoms with Gasteiger partial charge in [0.05, 0.1) is 17.1 Å². The molecule has 0 bridgehead atoms. The van der Waals surface area contributed by atoms with Gasteiger partial charge in [0.15, 0.2) is 0 Å². The lowest BCUT2D eigenvalue weighted by atomic mass is 9.80. The first-order valence-corrected chi connectivity index (χ1v) is 39.1. The van der Waals surface area contributed by atoms with Crippen LogP contribution in [0, 0.1) is 0 Å².